The van der Waals surface area contributed by atoms with Crippen LogP contribution >= 0.6 is 0 Å². The molecule has 0 amide bonds. The second-order valence-corrected chi connectivity index (χ2v) is 5.82. The topological polar surface area (TPSA) is 61.0 Å². The Kier molecular flexibility index (Phi) is 3.97. The van der Waals surface area contributed by atoms with Crippen molar-refractivity contribution in [1.82, 2.24) is 9.97 Å². The van der Waals surface area contributed by atoms with Crippen LogP contribution in [-0.2, 0) is 12.8 Å². The van der Waals surface area contributed by atoms with Gasteiger partial charge in [-0.25, -0.2) is 9.97 Å². The van der Waals surface area contributed by atoms with Crippen LogP contribution in [-0.4, -0.2) is 22.1 Å². The Morgan fingerprint density at radius 1 is 1.00 bits per heavy atom. The molecule has 1 aromatic heterocycles. The Labute approximate surface area is 114 Å². The quantitative estimate of drug-likeness (QED) is 0.830. The predicted octanol–water partition coefficient (Wildman–Crippen LogP) is 2.39. The third-order valence-corrected chi connectivity index (χ3v) is 4.33. The average Bonchev–Trinajstić information content (AvgIpc) is 2.67. The zero-order valence-corrected chi connectivity index (χ0v) is 11.5. The van der Waals surface area contributed by atoms with Gasteiger partial charge in [0.25, 0.3) is 0 Å². The Balaban J connectivity index is 1.74. The largest absolute Gasteiger partial charge is 0.474 e. The van der Waals surface area contributed by atoms with E-state index in [9.17, 15) is 0 Å². The summed E-state index contributed by atoms with van der Waals surface area (Å²) in [5.41, 5.74) is 8.40. The van der Waals surface area contributed by atoms with Gasteiger partial charge in [-0.1, -0.05) is 6.42 Å². The summed E-state index contributed by atoms with van der Waals surface area (Å²) in [4.78, 5) is 8.82. The minimum absolute atomic E-state index is 0.294. The van der Waals surface area contributed by atoms with Gasteiger partial charge in [0.15, 0.2) is 0 Å². The zero-order valence-electron chi connectivity index (χ0n) is 11.5. The first kappa shape index (κ1) is 12.9. The molecule has 0 aromatic carbocycles. The van der Waals surface area contributed by atoms with E-state index < -0.39 is 0 Å². The van der Waals surface area contributed by atoms with Gasteiger partial charge in [-0.05, 0) is 51.4 Å². The number of hydrogen-bond acceptors (Lipinski definition) is 4. The SMILES string of the molecule is NC1CCC(Oc2ncnc3c2CCCCC3)CC1. The van der Waals surface area contributed by atoms with Crippen molar-refractivity contribution >= 4 is 0 Å². The molecule has 1 aromatic rings. The van der Waals surface area contributed by atoms with E-state index in [0.717, 1.165) is 44.4 Å². The predicted molar refractivity (Wildman–Crippen MR) is 74.2 cm³/mol. The molecule has 0 unspecified atom stereocenters. The Morgan fingerprint density at radius 3 is 2.63 bits per heavy atom. The molecule has 0 spiro atoms. The highest BCUT2D eigenvalue weighted by Gasteiger charge is 2.22. The molecule has 0 aliphatic heterocycles. The summed E-state index contributed by atoms with van der Waals surface area (Å²) in [6.45, 7) is 0. The standard InChI is InChI=1S/C15H23N3O/c16-11-6-8-12(9-7-11)19-15-13-4-2-1-3-5-14(13)17-10-18-15/h10-12H,1-9,16H2. The molecule has 3 rings (SSSR count). The first-order valence-corrected chi connectivity index (χ1v) is 7.58. The highest BCUT2D eigenvalue weighted by molar-refractivity contribution is 5.31. The third-order valence-electron chi connectivity index (χ3n) is 4.33. The summed E-state index contributed by atoms with van der Waals surface area (Å²) < 4.78 is 6.15. The number of fused-ring (bicyclic) bond motifs is 1. The van der Waals surface area contributed by atoms with Gasteiger partial charge in [0.1, 0.15) is 12.4 Å². The fraction of sp³-hybridized carbons (Fsp3) is 0.733. The van der Waals surface area contributed by atoms with Crippen LogP contribution in [0.4, 0.5) is 0 Å². The van der Waals surface area contributed by atoms with Crippen LogP contribution in [0.15, 0.2) is 6.33 Å². The van der Waals surface area contributed by atoms with Crippen molar-refractivity contribution in [2.45, 2.75) is 69.9 Å². The normalized spacial score (nSPS) is 27.4. The van der Waals surface area contributed by atoms with Crippen LogP contribution < -0.4 is 10.5 Å². The van der Waals surface area contributed by atoms with Crippen molar-refractivity contribution in [1.29, 1.82) is 0 Å². The van der Waals surface area contributed by atoms with Crippen LogP contribution in [0.3, 0.4) is 0 Å². The van der Waals surface area contributed by atoms with Crippen LogP contribution in [0.2, 0.25) is 0 Å². The zero-order chi connectivity index (χ0) is 13.1. The summed E-state index contributed by atoms with van der Waals surface area (Å²) >= 11 is 0. The van der Waals surface area contributed by atoms with Gasteiger partial charge in [0, 0.05) is 11.6 Å². The number of ether oxygens (including phenoxy) is 1. The Hall–Kier alpha value is -1.16. The Morgan fingerprint density at radius 2 is 1.79 bits per heavy atom. The second kappa shape index (κ2) is 5.87. The molecular weight excluding hydrogens is 238 g/mol. The van der Waals surface area contributed by atoms with E-state index in [1.165, 1.54) is 30.5 Å². The van der Waals surface area contributed by atoms with Crippen molar-refractivity contribution in [3.8, 4) is 5.88 Å². The van der Waals surface area contributed by atoms with E-state index in [4.69, 9.17) is 10.5 Å². The second-order valence-electron chi connectivity index (χ2n) is 5.82. The third kappa shape index (κ3) is 3.06. The molecule has 0 saturated heterocycles. The first-order valence-electron chi connectivity index (χ1n) is 7.58. The van der Waals surface area contributed by atoms with Crippen molar-refractivity contribution < 1.29 is 4.74 Å². The Bertz CT molecular complexity index is 427. The molecule has 104 valence electrons. The summed E-state index contributed by atoms with van der Waals surface area (Å²) in [6, 6.07) is 0.363. The van der Waals surface area contributed by atoms with Gasteiger partial charge in [-0.2, -0.15) is 0 Å². The average molecular weight is 261 g/mol. The van der Waals surface area contributed by atoms with Crippen LogP contribution in [0.5, 0.6) is 5.88 Å². The van der Waals surface area contributed by atoms with Gasteiger partial charge in [-0.15, -0.1) is 0 Å². The fourth-order valence-electron chi connectivity index (χ4n) is 3.13. The lowest BCUT2D eigenvalue weighted by molar-refractivity contribution is 0.139. The maximum absolute atomic E-state index is 6.15. The number of aryl methyl sites for hydroxylation is 1. The summed E-state index contributed by atoms with van der Waals surface area (Å²) in [5, 5.41) is 0. The molecule has 19 heavy (non-hydrogen) atoms. The molecule has 2 aliphatic rings. The summed E-state index contributed by atoms with van der Waals surface area (Å²) in [5.74, 6) is 0.840. The molecule has 0 radical (unpaired) electrons. The minimum Gasteiger partial charge on any atom is -0.474 e. The smallest absolute Gasteiger partial charge is 0.220 e. The van der Waals surface area contributed by atoms with E-state index in [1.807, 2.05) is 0 Å². The lowest BCUT2D eigenvalue weighted by Gasteiger charge is -2.27. The van der Waals surface area contributed by atoms with Crippen LogP contribution in [0.25, 0.3) is 0 Å². The fourth-order valence-corrected chi connectivity index (χ4v) is 3.13. The minimum atomic E-state index is 0.294. The van der Waals surface area contributed by atoms with Crippen molar-refractivity contribution in [2.75, 3.05) is 0 Å². The molecular formula is C15H23N3O. The number of nitrogens with zero attached hydrogens (tertiary/aromatic N) is 2. The number of nitrogens with two attached hydrogens (primary N) is 1. The van der Waals surface area contributed by atoms with Crippen LogP contribution in [0.1, 0.15) is 56.2 Å². The highest BCUT2D eigenvalue weighted by Crippen LogP contribution is 2.28. The molecule has 2 N–H and O–H groups in total. The van der Waals surface area contributed by atoms with E-state index in [2.05, 4.69) is 9.97 Å². The van der Waals surface area contributed by atoms with Gasteiger partial charge in [0.2, 0.25) is 5.88 Å². The summed E-state index contributed by atoms with van der Waals surface area (Å²) in [7, 11) is 0. The molecule has 4 nitrogen and oxygen atoms in total. The van der Waals surface area contributed by atoms with Crippen molar-refractivity contribution in [3.05, 3.63) is 17.6 Å². The molecule has 4 heteroatoms. The maximum Gasteiger partial charge on any atom is 0.220 e. The van der Waals surface area contributed by atoms with E-state index >= 15 is 0 Å². The molecule has 0 atom stereocenters. The number of rotatable bonds is 2. The lowest BCUT2D eigenvalue weighted by Crippen LogP contribution is -2.32. The van der Waals surface area contributed by atoms with Gasteiger partial charge in [-0.3, -0.25) is 0 Å². The van der Waals surface area contributed by atoms with Gasteiger partial charge in [0.05, 0.1) is 5.69 Å². The summed E-state index contributed by atoms with van der Waals surface area (Å²) in [6.07, 6.45) is 12.1. The molecule has 1 saturated carbocycles. The molecule has 2 aliphatic carbocycles. The van der Waals surface area contributed by atoms with Gasteiger partial charge < -0.3 is 10.5 Å². The van der Waals surface area contributed by atoms with E-state index in [0.29, 0.717) is 12.1 Å². The van der Waals surface area contributed by atoms with E-state index in [-0.39, 0.29) is 0 Å². The number of hydrogen-bond donors (Lipinski definition) is 1. The van der Waals surface area contributed by atoms with Crippen molar-refractivity contribution in [2.24, 2.45) is 5.73 Å². The van der Waals surface area contributed by atoms with Crippen LogP contribution in [0, 0.1) is 0 Å². The molecule has 0 bridgehead atoms. The number of aromatic nitrogens is 2. The van der Waals surface area contributed by atoms with E-state index in [1.54, 1.807) is 6.33 Å². The lowest BCUT2D eigenvalue weighted by atomic mass is 9.94. The highest BCUT2D eigenvalue weighted by atomic mass is 16.5. The maximum atomic E-state index is 6.15. The first-order chi connectivity index (χ1) is 9.33. The molecule has 1 fully saturated rings. The molecule has 1 heterocycles. The van der Waals surface area contributed by atoms with Gasteiger partial charge >= 0.3 is 0 Å². The van der Waals surface area contributed by atoms with Crippen molar-refractivity contribution in [3.63, 3.8) is 0 Å². The monoisotopic (exact) mass is 261 g/mol.